The quantitative estimate of drug-likeness (QED) is 0.891. The average molecular weight is 254 g/mol. The first-order valence-corrected chi connectivity index (χ1v) is 6.47. The Morgan fingerprint density at radius 1 is 1.28 bits per heavy atom. The van der Waals surface area contributed by atoms with Gasteiger partial charge in [0.2, 0.25) is 0 Å². The highest BCUT2D eigenvalue weighted by Gasteiger charge is 2.23. The molecule has 1 unspecified atom stereocenters. The summed E-state index contributed by atoms with van der Waals surface area (Å²) in [6.07, 6.45) is 2.20. The van der Waals surface area contributed by atoms with Crippen LogP contribution < -0.4 is 5.32 Å². The molecular weight excluding hydrogens is 234 g/mol. The molecule has 1 aliphatic heterocycles. The summed E-state index contributed by atoms with van der Waals surface area (Å²) in [6, 6.07) is 4.42. The zero-order valence-corrected chi connectivity index (χ0v) is 10.9. The molecule has 1 saturated heterocycles. The minimum Gasteiger partial charge on any atom is -0.380 e. The van der Waals surface area contributed by atoms with Crippen LogP contribution in [0.2, 0.25) is 0 Å². The van der Waals surface area contributed by atoms with E-state index in [4.69, 9.17) is 0 Å². The van der Waals surface area contributed by atoms with Gasteiger partial charge < -0.3 is 10.2 Å². The van der Waals surface area contributed by atoms with E-state index in [1.165, 1.54) is 6.07 Å². The van der Waals surface area contributed by atoms with Crippen molar-refractivity contribution in [3.05, 3.63) is 29.8 Å². The predicted molar refractivity (Wildman–Crippen MR) is 69.7 cm³/mol. The first-order valence-electron chi connectivity index (χ1n) is 6.47. The van der Waals surface area contributed by atoms with Gasteiger partial charge in [-0.3, -0.25) is 0 Å². The molecule has 4 heteroatoms. The van der Waals surface area contributed by atoms with Crippen molar-refractivity contribution in [2.24, 2.45) is 5.92 Å². The minimum absolute atomic E-state index is 0.162. The molecule has 2 nitrogen and oxygen atoms in total. The lowest BCUT2D eigenvalue weighted by Gasteiger charge is -2.33. The summed E-state index contributed by atoms with van der Waals surface area (Å²) in [7, 11) is 2.11. The molecule has 1 atom stereocenters. The van der Waals surface area contributed by atoms with E-state index in [0.29, 0.717) is 5.92 Å². The molecule has 18 heavy (non-hydrogen) atoms. The Kier molecular flexibility index (Phi) is 4.17. The number of halogens is 2. The average Bonchev–Trinajstić information content (AvgIpc) is 2.36. The summed E-state index contributed by atoms with van der Waals surface area (Å²) in [5.74, 6) is -1.06. The van der Waals surface area contributed by atoms with Gasteiger partial charge >= 0.3 is 0 Å². The van der Waals surface area contributed by atoms with Gasteiger partial charge in [0, 0.05) is 6.04 Å². The number of nitrogens with zero attached hydrogens (tertiary/aromatic N) is 1. The number of piperidine rings is 1. The zero-order valence-electron chi connectivity index (χ0n) is 10.9. The highest BCUT2D eigenvalue weighted by molar-refractivity contribution is 5.45. The van der Waals surface area contributed by atoms with E-state index >= 15 is 0 Å². The normalized spacial score (nSPS) is 19.8. The smallest absolute Gasteiger partial charge is 0.181 e. The fourth-order valence-electron chi connectivity index (χ4n) is 2.51. The second-order valence-corrected chi connectivity index (χ2v) is 5.18. The lowest BCUT2D eigenvalue weighted by Crippen LogP contribution is -2.37. The molecule has 0 radical (unpaired) electrons. The Hall–Kier alpha value is -1.16. The van der Waals surface area contributed by atoms with Crippen LogP contribution in [-0.4, -0.2) is 31.1 Å². The number of likely N-dealkylation sites (tertiary alicyclic amines) is 1. The van der Waals surface area contributed by atoms with E-state index in [2.05, 4.69) is 17.3 Å². The van der Waals surface area contributed by atoms with Gasteiger partial charge in [0.05, 0.1) is 5.69 Å². The summed E-state index contributed by atoms with van der Waals surface area (Å²) >= 11 is 0. The van der Waals surface area contributed by atoms with E-state index in [9.17, 15) is 8.78 Å². The topological polar surface area (TPSA) is 15.3 Å². The maximum Gasteiger partial charge on any atom is 0.181 e. The molecule has 0 bridgehead atoms. The molecule has 100 valence electrons. The van der Waals surface area contributed by atoms with Crippen molar-refractivity contribution >= 4 is 5.69 Å². The summed E-state index contributed by atoms with van der Waals surface area (Å²) in [6.45, 7) is 4.19. The molecule has 0 saturated carbocycles. The molecule has 2 rings (SSSR count). The van der Waals surface area contributed by atoms with Gasteiger partial charge in [-0.25, -0.2) is 8.78 Å². The lowest BCUT2D eigenvalue weighted by molar-refractivity contribution is 0.208. The molecule has 1 heterocycles. The third kappa shape index (κ3) is 2.99. The van der Waals surface area contributed by atoms with Crippen molar-refractivity contribution < 1.29 is 8.78 Å². The van der Waals surface area contributed by atoms with Crippen molar-refractivity contribution in [2.75, 3.05) is 25.5 Å². The van der Waals surface area contributed by atoms with Gasteiger partial charge in [-0.1, -0.05) is 6.07 Å². The van der Waals surface area contributed by atoms with E-state index < -0.39 is 11.6 Å². The molecule has 1 aliphatic rings. The maximum absolute atomic E-state index is 13.5. The lowest BCUT2D eigenvalue weighted by atomic mass is 9.90. The van der Waals surface area contributed by atoms with E-state index in [1.807, 2.05) is 6.92 Å². The monoisotopic (exact) mass is 254 g/mol. The first-order chi connectivity index (χ1) is 8.58. The summed E-state index contributed by atoms with van der Waals surface area (Å²) in [5, 5.41) is 3.10. The standard InChI is InChI=1S/C14H20F2N2/c1-10(11-6-8-18(2)9-7-11)17-13-5-3-4-12(15)14(13)16/h3-5,10-11,17H,6-9H2,1-2H3. The van der Waals surface area contributed by atoms with Crippen LogP contribution in [0.15, 0.2) is 18.2 Å². The van der Waals surface area contributed by atoms with Crippen molar-refractivity contribution in [1.29, 1.82) is 0 Å². The van der Waals surface area contributed by atoms with Crippen molar-refractivity contribution in [2.45, 2.75) is 25.8 Å². The molecule has 0 aromatic heterocycles. The Morgan fingerprint density at radius 3 is 2.61 bits per heavy atom. The predicted octanol–water partition coefficient (Wildman–Crippen LogP) is 3.11. The third-order valence-corrected chi connectivity index (χ3v) is 3.81. The van der Waals surface area contributed by atoms with Crippen molar-refractivity contribution in [1.82, 2.24) is 4.90 Å². The van der Waals surface area contributed by atoms with Crippen LogP contribution in [0.4, 0.5) is 14.5 Å². The summed E-state index contributed by atoms with van der Waals surface area (Å²) in [4.78, 5) is 2.30. The number of rotatable bonds is 3. The van der Waals surface area contributed by atoms with Gasteiger partial charge in [-0.15, -0.1) is 0 Å². The summed E-state index contributed by atoms with van der Waals surface area (Å²) < 4.78 is 26.6. The molecule has 1 aromatic rings. The second kappa shape index (κ2) is 5.65. The number of hydrogen-bond acceptors (Lipinski definition) is 2. The molecule has 1 fully saturated rings. The van der Waals surface area contributed by atoms with Crippen LogP contribution in [0, 0.1) is 17.6 Å². The first kappa shape index (κ1) is 13.3. The SMILES string of the molecule is CC(Nc1cccc(F)c1F)C1CCN(C)CC1. The fraction of sp³-hybridized carbons (Fsp3) is 0.571. The Labute approximate surface area is 107 Å². The second-order valence-electron chi connectivity index (χ2n) is 5.18. The van der Waals surface area contributed by atoms with Gasteiger partial charge in [0.1, 0.15) is 0 Å². The van der Waals surface area contributed by atoms with Gasteiger partial charge in [-0.05, 0) is 58.0 Å². The van der Waals surface area contributed by atoms with E-state index in [1.54, 1.807) is 6.07 Å². The minimum atomic E-state index is -0.796. The highest BCUT2D eigenvalue weighted by Crippen LogP contribution is 2.24. The van der Waals surface area contributed by atoms with Crippen LogP contribution in [0.25, 0.3) is 0 Å². The van der Waals surface area contributed by atoms with Crippen LogP contribution >= 0.6 is 0 Å². The third-order valence-electron chi connectivity index (χ3n) is 3.81. The molecule has 1 aromatic carbocycles. The Bertz CT molecular complexity index is 401. The fourth-order valence-corrected chi connectivity index (χ4v) is 2.51. The van der Waals surface area contributed by atoms with Crippen LogP contribution in [0.5, 0.6) is 0 Å². The van der Waals surface area contributed by atoms with Crippen LogP contribution in [0.1, 0.15) is 19.8 Å². The van der Waals surface area contributed by atoms with Gasteiger partial charge in [0.25, 0.3) is 0 Å². The van der Waals surface area contributed by atoms with Crippen molar-refractivity contribution in [3.8, 4) is 0 Å². The van der Waals surface area contributed by atoms with Crippen LogP contribution in [0.3, 0.4) is 0 Å². The van der Waals surface area contributed by atoms with E-state index in [-0.39, 0.29) is 11.7 Å². The maximum atomic E-state index is 13.5. The molecule has 0 spiro atoms. The molecular formula is C14H20F2N2. The number of anilines is 1. The number of benzene rings is 1. The largest absolute Gasteiger partial charge is 0.380 e. The Morgan fingerprint density at radius 2 is 1.94 bits per heavy atom. The van der Waals surface area contributed by atoms with Gasteiger partial charge in [-0.2, -0.15) is 0 Å². The van der Waals surface area contributed by atoms with E-state index in [0.717, 1.165) is 32.0 Å². The number of nitrogens with one attached hydrogen (secondary N) is 1. The Balaban J connectivity index is 1.98. The molecule has 0 amide bonds. The highest BCUT2D eigenvalue weighted by atomic mass is 19.2. The van der Waals surface area contributed by atoms with Crippen LogP contribution in [-0.2, 0) is 0 Å². The zero-order chi connectivity index (χ0) is 13.1. The summed E-state index contributed by atoms with van der Waals surface area (Å²) in [5.41, 5.74) is 0.265. The molecule has 0 aliphatic carbocycles. The van der Waals surface area contributed by atoms with Crippen molar-refractivity contribution in [3.63, 3.8) is 0 Å². The number of hydrogen-bond donors (Lipinski definition) is 1. The molecule has 1 N–H and O–H groups in total. The van der Waals surface area contributed by atoms with Gasteiger partial charge in [0.15, 0.2) is 11.6 Å².